The molecule has 1 aliphatic heterocycles. The molecule has 1 aliphatic rings. The molecule has 0 spiro atoms. The molecule has 0 atom stereocenters. The standard InChI is InChI=1S/C19H14BrNO4/c1-25-17(22)9-5-12-4-8-16-15(10-12)18(23)19(24)21(16)11-13-2-6-14(20)7-3-13/h2-10H,11H2,1H3/b9-5+. The number of benzene rings is 2. The van der Waals surface area contributed by atoms with Crippen LogP contribution in [0.15, 0.2) is 53.0 Å². The number of amides is 1. The number of esters is 1. The lowest BCUT2D eigenvalue weighted by molar-refractivity contribution is -0.134. The predicted octanol–water partition coefficient (Wildman–Crippen LogP) is 3.36. The summed E-state index contributed by atoms with van der Waals surface area (Å²) >= 11 is 3.37. The Morgan fingerprint density at radius 3 is 2.56 bits per heavy atom. The van der Waals surface area contributed by atoms with Crippen LogP contribution in [0.3, 0.4) is 0 Å². The van der Waals surface area contributed by atoms with E-state index in [1.807, 2.05) is 24.3 Å². The first-order valence-electron chi connectivity index (χ1n) is 7.50. The number of ketones is 1. The molecule has 0 aliphatic carbocycles. The number of halogens is 1. The van der Waals surface area contributed by atoms with Gasteiger partial charge in [0.15, 0.2) is 0 Å². The van der Waals surface area contributed by atoms with Gasteiger partial charge in [-0.05, 0) is 41.5 Å². The Bertz CT molecular complexity index is 887. The highest BCUT2D eigenvalue weighted by molar-refractivity contribution is 9.10. The van der Waals surface area contributed by atoms with Crippen molar-refractivity contribution in [3.63, 3.8) is 0 Å². The molecule has 6 heteroatoms. The highest BCUT2D eigenvalue weighted by Crippen LogP contribution is 2.31. The molecule has 0 aromatic heterocycles. The second-order valence-electron chi connectivity index (χ2n) is 5.48. The molecule has 2 aromatic rings. The number of carbonyl (C=O) groups excluding carboxylic acids is 3. The van der Waals surface area contributed by atoms with E-state index in [1.165, 1.54) is 18.1 Å². The van der Waals surface area contributed by atoms with Crippen molar-refractivity contribution in [2.45, 2.75) is 6.54 Å². The van der Waals surface area contributed by atoms with E-state index >= 15 is 0 Å². The highest BCUT2D eigenvalue weighted by Gasteiger charge is 2.35. The Labute approximate surface area is 153 Å². The molecular formula is C19H14BrNO4. The predicted molar refractivity (Wildman–Crippen MR) is 97.2 cm³/mol. The molecule has 0 unspecified atom stereocenters. The van der Waals surface area contributed by atoms with Crippen molar-refractivity contribution in [3.05, 3.63) is 69.7 Å². The van der Waals surface area contributed by atoms with Crippen LogP contribution >= 0.6 is 15.9 Å². The summed E-state index contributed by atoms with van der Waals surface area (Å²) in [4.78, 5) is 37.3. The summed E-state index contributed by atoms with van der Waals surface area (Å²) in [6.07, 6.45) is 2.81. The van der Waals surface area contributed by atoms with Crippen LogP contribution in [-0.4, -0.2) is 24.8 Å². The van der Waals surface area contributed by atoms with Crippen molar-refractivity contribution in [2.75, 3.05) is 12.0 Å². The van der Waals surface area contributed by atoms with Crippen molar-refractivity contribution >= 4 is 45.4 Å². The lowest BCUT2D eigenvalue weighted by Crippen LogP contribution is -2.29. The van der Waals surface area contributed by atoms with Gasteiger partial charge < -0.3 is 9.64 Å². The van der Waals surface area contributed by atoms with Crippen LogP contribution in [0.2, 0.25) is 0 Å². The fraction of sp³-hybridized carbons (Fsp3) is 0.105. The highest BCUT2D eigenvalue weighted by atomic mass is 79.9. The average molecular weight is 400 g/mol. The first-order chi connectivity index (χ1) is 12.0. The van der Waals surface area contributed by atoms with E-state index in [-0.39, 0.29) is 0 Å². The minimum atomic E-state index is -0.549. The number of anilines is 1. The van der Waals surface area contributed by atoms with E-state index in [9.17, 15) is 14.4 Å². The van der Waals surface area contributed by atoms with E-state index in [0.717, 1.165) is 10.0 Å². The molecular weight excluding hydrogens is 386 g/mol. The van der Waals surface area contributed by atoms with Gasteiger partial charge in [0.1, 0.15) is 0 Å². The fourth-order valence-electron chi connectivity index (χ4n) is 2.58. The fourth-order valence-corrected chi connectivity index (χ4v) is 2.85. The molecule has 5 nitrogen and oxygen atoms in total. The molecule has 126 valence electrons. The third-order valence-corrected chi connectivity index (χ3v) is 4.39. The Hall–Kier alpha value is -2.73. The van der Waals surface area contributed by atoms with Crippen LogP contribution in [0.25, 0.3) is 6.08 Å². The van der Waals surface area contributed by atoms with Gasteiger partial charge in [-0.15, -0.1) is 0 Å². The first kappa shape index (κ1) is 17.1. The molecule has 0 radical (unpaired) electrons. The zero-order valence-electron chi connectivity index (χ0n) is 13.4. The molecule has 3 rings (SSSR count). The molecule has 25 heavy (non-hydrogen) atoms. The Kier molecular flexibility index (Phi) is 4.81. The monoisotopic (exact) mass is 399 g/mol. The lowest BCUT2D eigenvalue weighted by atomic mass is 10.1. The molecule has 0 fully saturated rings. The molecule has 0 bridgehead atoms. The van der Waals surface area contributed by atoms with Crippen molar-refractivity contribution in [3.8, 4) is 0 Å². The third-order valence-electron chi connectivity index (χ3n) is 3.86. The number of Topliss-reactive ketones (excluding diaryl/α,β-unsaturated/α-hetero) is 1. The number of rotatable bonds is 4. The molecule has 0 N–H and O–H groups in total. The van der Waals surface area contributed by atoms with Crippen LogP contribution in [0.1, 0.15) is 21.5 Å². The Balaban J connectivity index is 1.89. The zero-order chi connectivity index (χ0) is 18.0. The zero-order valence-corrected chi connectivity index (χ0v) is 14.9. The summed E-state index contributed by atoms with van der Waals surface area (Å²) in [5, 5.41) is 0. The van der Waals surface area contributed by atoms with Gasteiger partial charge in [-0.2, -0.15) is 0 Å². The molecule has 2 aromatic carbocycles. The molecule has 0 saturated heterocycles. The van der Waals surface area contributed by atoms with Crippen LogP contribution < -0.4 is 4.90 Å². The number of carbonyl (C=O) groups is 3. The quantitative estimate of drug-likeness (QED) is 0.449. The van der Waals surface area contributed by atoms with Crippen molar-refractivity contribution in [2.24, 2.45) is 0 Å². The Morgan fingerprint density at radius 1 is 1.16 bits per heavy atom. The summed E-state index contributed by atoms with van der Waals surface area (Å²) in [6.45, 7) is 0.322. The van der Waals surface area contributed by atoms with Gasteiger partial charge in [-0.1, -0.05) is 34.1 Å². The van der Waals surface area contributed by atoms with Gasteiger partial charge in [-0.25, -0.2) is 4.79 Å². The summed E-state index contributed by atoms with van der Waals surface area (Å²) in [6, 6.07) is 12.6. The number of hydrogen-bond acceptors (Lipinski definition) is 4. The SMILES string of the molecule is COC(=O)/C=C/c1ccc2c(c1)C(=O)C(=O)N2Cc1ccc(Br)cc1. The maximum Gasteiger partial charge on any atom is 0.330 e. The second kappa shape index (κ2) is 7.03. The minimum absolute atomic E-state index is 0.322. The number of nitrogens with zero attached hydrogens (tertiary/aromatic N) is 1. The van der Waals surface area contributed by atoms with Crippen LogP contribution in [0.4, 0.5) is 5.69 Å². The van der Waals surface area contributed by atoms with Gasteiger partial charge in [0, 0.05) is 10.5 Å². The number of ether oxygens (including phenoxy) is 1. The van der Waals surface area contributed by atoms with E-state index < -0.39 is 17.7 Å². The van der Waals surface area contributed by atoms with E-state index in [1.54, 1.807) is 24.3 Å². The average Bonchev–Trinajstić information content (AvgIpc) is 2.86. The maximum absolute atomic E-state index is 12.3. The summed E-state index contributed by atoms with van der Waals surface area (Å²) < 4.78 is 5.48. The van der Waals surface area contributed by atoms with Crippen molar-refractivity contribution in [1.29, 1.82) is 0 Å². The van der Waals surface area contributed by atoms with Crippen LogP contribution in [0.5, 0.6) is 0 Å². The van der Waals surface area contributed by atoms with Crippen molar-refractivity contribution in [1.82, 2.24) is 0 Å². The normalized spacial score (nSPS) is 13.4. The Morgan fingerprint density at radius 2 is 1.88 bits per heavy atom. The summed E-state index contributed by atoms with van der Waals surface area (Å²) in [5.41, 5.74) is 2.49. The largest absolute Gasteiger partial charge is 0.466 e. The number of methoxy groups -OCH3 is 1. The van der Waals surface area contributed by atoms with Crippen molar-refractivity contribution < 1.29 is 19.1 Å². The first-order valence-corrected chi connectivity index (χ1v) is 8.29. The van der Waals surface area contributed by atoms with Gasteiger partial charge in [-0.3, -0.25) is 9.59 Å². The summed E-state index contributed by atoms with van der Waals surface area (Å²) in [5.74, 6) is -1.58. The molecule has 0 saturated carbocycles. The minimum Gasteiger partial charge on any atom is -0.466 e. The molecule has 1 amide bonds. The van der Waals surface area contributed by atoms with Crippen LogP contribution in [0, 0.1) is 0 Å². The third kappa shape index (κ3) is 3.53. The number of hydrogen-bond donors (Lipinski definition) is 0. The van der Waals surface area contributed by atoms with E-state index in [4.69, 9.17) is 0 Å². The van der Waals surface area contributed by atoms with Gasteiger partial charge in [0.05, 0.1) is 24.9 Å². The van der Waals surface area contributed by atoms with E-state index in [0.29, 0.717) is 23.4 Å². The van der Waals surface area contributed by atoms with Crippen LogP contribution in [-0.2, 0) is 20.9 Å². The topological polar surface area (TPSA) is 63.7 Å². The lowest BCUT2D eigenvalue weighted by Gasteiger charge is -2.16. The van der Waals surface area contributed by atoms with Gasteiger partial charge in [0.2, 0.25) is 0 Å². The number of fused-ring (bicyclic) bond motifs is 1. The van der Waals surface area contributed by atoms with Gasteiger partial charge in [0.25, 0.3) is 11.7 Å². The smallest absolute Gasteiger partial charge is 0.330 e. The van der Waals surface area contributed by atoms with E-state index in [2.05, 4.69) is 20.7 Å². The maximum atomic E-state index is 12.3. The summed E-state index contributed by atoms with van der Waals surface area (Å²) in [7, 11) is 1.29. The second-order valence-corrected chi connectivity index (χ2v) is 6.40. The van der Waals surface area contributed by atoms with Gasteiger partial charge >= 0.3 is 5.97 Å². The molecule has 1 heterocycles.